The van der Waals surface area contributed by atoms with Crippen LogP contribution >= 0.6 is 0 Å². The molecular weight excluding hydrogens is 696 g/mol. The van der Waals surface area contributed by atoms with Gasteiger partial charge in [0.25, 0.3) is 0 Å². The Balaban J connectivity index is 0.000000247. The summed E-state index contributed by atoms with van der Waals surface area (Å²) in [6, 6.07) is 38.7. The average molecular weight is 756 g/mol. The fourth-order valence-corrected chi connectivity index (χ4v) is 6.28. The number of benzene rings is 4. The van der Waals surface area contributed by atoms with Gasteiger partial charge in [0.2, 0.25) is 0 Å². The first-order valence-corrected chi connectivity index (χ1v) is 20.0. The van der Waals surface area contributed by atoms with Gasteiger partial charge in [0, 0.05) is 9.52 Å². The van der Waals surface area contributed by atoms with Crippen LogP contribution in [-0.2, 0) is 42.4 Å². The molecule has 0 nitrogen and oxygen atoms in total. The molecule has 260 valence electrons. The summed E-state index contributed by atoms with van der Waals surface area (Å²) in [5, 5.41) is 5.42. The molecule has 6 aromatic rings. The van der Waals surface area contributed by atoms with Crippen LogP contribution in [0.25, 0.3) is 43.8 Å². The Labute approximate surface area is 326 Å². The van der Waals surface area contributed by atoms with Crippen molar-refractivity contribution in [2.45, 2.75) is 118 Å². The Morgan fingerprint density at radius 1 is 0.520 bits per heavy atom. The smallest absolute Gasteiger partial charge is 0.165 e. The van der Waals surface area contributed by atoms with Crippen LogP contribution in [0.2, 0.25) is 13.1 Å². The summed E-state index contributed by atoms with van der Waals surface area (Å²) in [5.74, 6) is 0.573. The number of hydrogen-bond donors (Lipinski definition) is 0. The molecule has 0 fully saturated rings. The molecule has 50 heavy (non-hydrogen) atoms. The van der Waals surface area contributed by atoms with Gasteiger partial charge in [-0.25, -0.2) is 0 Å². The molecule has 0 N–H and O–H groups in total. The molecule has 0 aliphatic rings. The van der Waals surface area contributed by atoms with Crippen LogP contribution in [0.1, 0.15) is 110 Å². The zero-order chi connectivity index (χ0) is 36.3. The summed E-state index contributed by atoms with van der Waals surface area (Å²) in [6.45, 7) is 31.6. The second-order valence-electron chi connectivity index (χ2n) is 17.2. The van der Waals surface area contributed by atoms with Crippen LogP contribution in [0.15, 0.2) is 103 Å². The first-order chi connectivity index (χ1) is 22.8. The SMILES string of the molecule is CC(C)c1cc2c(-c3ccc(C(C)(C)C)cc3)cccc2[cH-]1.C[Si]C.Cc1cc2c(-c3cc(C(C)(C)C)cc(C(C)(C)C)c3)cccc2[cH-]1.[Zr+2]. The van der Waals surface area contributed by atoms with E-state index in [-0.39, 0.29) is 42.4 Å². The average Bonchev–Trinajstić information content (AvgIpc) is 3.63. The van der Waals surface area contributed by atoms with Crippen molar-refractivity contribution in [2.75, 3.05) is 0 Å². The maximum absolute atomic E-state index is 2.39. The molecule has 0 spiro atoms. The summed E-state index contributed by atoms with van der Waals surface area (Å²) < 4.78 is 0. The molecule has 0 aliphatic heterocycles. The van der Waals surface area contributed by atoms with Crippen LogP contribution in [0.4, 0.5) is 0 Å². The van der Waals surface area contributed by atoms with Crippen molar-refractivity contribution in [1.29, 1.82) is 0 Å². The molecule has 0 saturated carbocycles. The van der Waals surface area contributed by atoms with E-state index in [0.717, 1.165) is 9.52 Å². The Hall–Kier alpha value is -2.80. The number of aryl methyl sites for hydroxylation is 1. The van der Waals surface area contributed by atoms with E-state index in [1.165, 1.54) is 71.6 Å². The van der Waals surface area contributed by atoms with Gasteiger partial charge in [0.1, 0.15) is 0 Å². The maximum atomic E-state index is 2.39. The molecule has 0 bridgehead atoms. The van der Waals surface area contributed by atoms with E-state index in [0.29, 0.717) is 5.92 Å². The van der Waals surface area contributed by atoms with Gasteiger partial charge < -0.3 is 0 Å². The Kier molecular flexibility index (Phi) is 13.9. The van der Waals surface area contributed by atoms with Crippen molar-refractivity contribution in [1.82, 2.24) is 0 Å². The zero-order valence-corrected chi connectivity index (χ0v) is 36.9. The Morgan fingerprint density at radius 3 is 1.42 bits per heavy atom. The Bertz CT molecular complexity index is 1940. The summed E-state index contributed by atoms with van der Waals surface area (Å²) in [7, 11) is 1.08. The third-order valence-corrected chi connectivity index (χ3v) is 9.37. The normalized spacial score (nSPS) is 11.9. The van der Waals surface area contributed by atoms with E-state index < -0.39 is 0 Å². The summed E-state index contributed by atoms with van der Waals surface area (Å²) in [5.41, 5.74) is 12.8. The summed E-state index contributed by atoms with van der Waals surface area (Å²) in [6.07, 6.45) is 0. The van der Waals surface area contributed by atoms with Gasteiger partial charge in [-0.1, -0.05) is 162 Å². The first-order valence-electron chi connectivity index (χ1n) is 18.0. The zero-order valence-electron chi connectivity index (χ0n) is 33.4. The molecule has 0 atom stereocenters. The van der Waals surface area contributed by atoms with Crippen LogP contribution in [0, 0.1) is 6.92 Å². The molecule has 6 aromatic carbocycles. The molecule has 0 saturated heterocycles. The van der Waals surface area contributed by atoms with Gasteiger partial charge in [0.15, 0.2) is 0 Å². The van der Waals surface area contributed by atoms with Crippen LogP contribution in [0.3, 0.4) is 0 Å². The summed E-state index contributed by atoms with van der Waals surface area (Å²) in [4.78, 5) is 0. The summed E-state index contributed by atoms with van der Waals surface area (Å²) >= 11 is 0. The van der Waals surface area contributed by atoms with E-state index in [1.807, 2.05) is 0 Å². The van der Waals surface area contributed by atoms with Gasteiger partial charge >= 0.3 is 26.2 Å². The monoisotopic (exact) mass is 754 g/mol. The third kappa shape index (κ3) is 10.2. The van der Waals surface area contributed by atoms with E-state index in [4.69, 9.17) is 0 Å². The molecule has 2 radical (unpaired) electrons. The fraction of sp³-hybridized carbons (Fsp3) is 0.375. The van der Waals surface area contributed by atoms with Gasteiger partial charge in [-0.05, 0) is 50.0 Å². The van der Waals surface area contributed by atoms with E-state index in [2.05, 4.69) is 199 Å². The second kappa shape index (κ2) is 16.7. The molecule has 0 unspecified atom stereocenters. The first kappa shape index (κ1) is 41.6. The molecule has 6 rings (SSSR count). The van der Waals surface area contributed by atoms with Gasteiger partial charge in [-0.2, -0.15) is 12.1 Å². The van der Waals surface area contributed by atoms with Gasteiger partial charge in [-0.15, -0.1) is 69.1 Å². The van der Waals surface area contributed by atoms with Crippen LogP contribution < -0.4 is 0 Å². The second-order valence-corrected chi connectivity index (χ2v) is 18.2. The van der Waals surface area contributed by atoms with Crippen molar-refractivity contribution in [3.63, 3.8) is 0 Å². The maximum Gasteiger partial charge on any atom is 2.00 e. The molecule has 0 amide bonds. The topological polar surface area (TPSA) is 0 Å². The van der Waals surface area contributed by atoms with Crippen molar-refractivity contribution in [2.24, 2.45) is 0 Å². The largest absolute Gasteiger partial charge is 2.00 e. The standard InChI is InChI=1S/C24H29.C22H25.C2H6Si.Zr/c1-16-11-17-9-8-10-21(22(17)12-16)18-13-19(23(2,3)4)15-20(14-18)24(5,6)7;1-15(2)18-13-17-7-6-8-20(21(17)14-18)16-9-11-19(12-10-16)22(3,4)5;1-3-2;/h8-15H,1-7H3;6-15H,1-5H3;1-2H3;/q2*-1;;+2. The predicted octanol–water partition coefficient (Wildman–Crippen LogP) is 14.6. The van der Waals surface area contributed by atoms with E-state index in [1.54, 1.807) is 0 Å². The quantitative estimate of drug-likeness (QED) is 0.125. The Morgan fingerprint density at radius 2 is 0.960 bits per heavy atom. The van der Waals surface area contributed by atoms with Crippen LogP contribution in [-0.4, -0.2) is 9.52 Å². The molecule has 2 heteroatoms. The fourth-order valence-electron chi connectivity index (χ4n) is 6.28. The number of hydrogen-bond acceptors (Lipinski definition) is 0. The minimum Gasteiger partial charge on any atom is -0.165 e. The predicted molar refractivity (Wildman–Crippen MR) is 222 cm³/mol. The van der Waals surface area contributed by atoms with Crippen molar-refractivity contribution in [3.8, 4) is 22.3 Å². The molecular formula is C48H60SiZr. The van der Waals surface area contributed by atoms with E-state index in [9.17, 15) is 0 Å². The van der Waals surface area contributed by atoms with Gasteiger partial charge in [0.05, 0.1) is 0 Å². The van der Waals surface area contributed by atoms with Gasteiger partial charge in [-0.3, -0.25) is 0 Å². The van der Waals surface area contributed by atoms with Crippen molar-refractivity contribution >= 4 is 31.1 Å². The van der Waals surface area contributed by atoms with Crippen LogP contribution in [0.5, 0.6) is 0 Å². The third-order valence-electron chi connectivity index (χ3n) is 9.37. The van der Waals surface area contributed by atoms with Crippen molar-refractivity contribution < 1.29 is 26.2 Å². The van der Waals surface area contributed by atoms with E-state index >= 15 is 0 Å². The minimum absolute atomic E-state index is 0. The molecule has 0 aromatic heterocycles. The van der Waals surface area contributed by atoms with Crippen molar-refractivity contribution in [3.05, 3.63) is 131 Å². The minimum atomic E-state index is 0. The molecule has 0 heterocycles. The number of fused-ring (bicyclic) bond motifs is 2. The number of rotatable bonds is 3. The molecule has 0 aliphatic carbocycles.